The highest BCUT2D eigenvalue weighted by Gasteiger charge is 2.13. The van der Waals surface area contributed by atoms with E-state index in [0.717, 1.165) is 6.07 Å². The van der Waals surface area contributed by atoms with Crippen molar-refractivity contribution in [1.82, 2.24) is 0 Å². The minimum Gasteiger partial charge on any atom is -0.323 e. The third-order valence-electron chi connectivity index (χ3n) is 2.06. The van der Waals surface area contributed by atoms with Crippen LogP contribution in [0.2, 0.25) is 0 Å². The van der Waals surface area contributed by atoms with Crippen LogP contribution in [0.15, 0.2) is 12.1 Å². The fraction of sp³-hybridized carbons (Fsp3) is 0.300. The first-order valence-electron chi connectivity index (χ1n) is 4.14. The first-order chi connectivity index (χ1) is 6.56. The molecule has 4 heteroatoms. The maximum absolute atomic E-state index is 13.1. The SMILES string of the molecule is Cc1c(F)cc(F)cc1[C@H](N)CC#N. The van der Waals surface area contributed by atoms with Gasteiger partial charge in [0, 0.05) is 12.1 Å². The normalized spacial score (nSPS) is 12.2. The van der Waals surface area contributed by atoms with E-state index >= 15 is 0 Å². The van der Waals surface area contributed by atoms with Crippen molar-refractivity contribution in [1.29, 1.82) is 5.26 Å². The highest BCUT2D eigenvalue weighted by atomic mass is 19.1. The Balaban J connectivity index is 3.14. The predicted octanol–water partition coefficient (Wildman–Crippen LogP) is 2.19. The Morgan fingerprint density at radius 1 is 1.50 bits per heavy atom. The molecule has 2 nitrogen and oxygen atoms in total. The summed E-state index contributed by atoms with van der Waals surface area (Å²) in [6.07, 6.45) is 0.0454. The lowest BCUT2D eigenvalue weighted by molar-refractivity contribution is 0.566. The van der Waals surface area contributed by atoms with Gasteiger partial charge in [-0.15, -0.1) is 0 Å². The third-order valence-corrected chi connectivity index (χ3v) is 2.06. The van der Waals surface area contributed by atoms with Crippen molar-refractivity contribution in [2.24, 2.45) is 5.73 Å². The molecule has 0 unspecified atom stereocenters. The Morgan fingerprint density at radius 2 is 2.14 bits per heavy atom. The van der Waals surface area contributed by atoms with Crippen LogP contribution < -0.4 is 5.73 Å². The Kier molecular flexibility index (Phi) is 3.15. The van der Waals surface area contributed by atoms with Crippen LogP contribution in [0.3, 0.4) is 0 Å². The van der Waals surface area contributed by atoms with Gasteiger partial charge >= 0.3 is 0 Å². The molecule has 0 aliphatic heterocycles. The third kappa shape index (κ3) is 2.06. The molecule has 1 aromatic rings. The number of nitriles is 1. The lowest BCUT2D eigenvalue weighted by Gasteiger charge is -2.12. The van der Waals surface area contributed by atoms with Gasteiger partial charge in [0.1, 0.15) is 11.6 Å². The molecule has 1 aromatic carbocycles. The number of nitrogens with zero attached hydrogens (tertiary/aromatic N) is 1. The minimum atomic E-state index is -0.670. The van der Waals surface area contributed by atoms with E-state index in [0.29, 0.717) is 11.1 Å². The van der Waals surface area contributed by atoms with Gasteiger partial charge in [-0.3, -0.25) is 0 Å². The average molecular weight is 196 g/mol. The van der Waals surface area contributed by atoms with Crippen LogP contribution in [-0.4, -0.2) is 0 Å². The summed E-state index contributed by atoms with van der Waals surface area (Å²) in [6.45, 7) is 1.52. The molecule has 2 N–H and O–H groups in total. The lowest BCUT2D eigenvalue weighted by Crippen LogP contribution is -2.12. The van der Waals surface area contributed by atoms with Gasteiger partial charge in [-0.2, -0.15) is 5.26 Å². The molecule has 0 saturated carbocycles. The van der Waals surface area contributed by atoms with Crippen LogP contribution in [-0.2, 0) is 0 Å². The van der Waals surface area contributed by atoms with Gasteiger partial charge in [-0.05, 0) is 24.1 Å². The van der Waals surface area contributed by atoms with Gasteiger partial charge in [0.15, 0.2) is 0 Å². The van der Waals surface area contributed by atoms with E-state index in [2.05, 4.69) is 0 Å². The molecule has 0 heterocycles. The van der Waals surface area contributed by atoms with E-state index in [-0.39, 0.29) is 6.42 Å². The van der Waals surface area contributed by atoms with E-state index in [4.69, 9.17) is 11.0 Å². The van der Waals surface area contributed by atoms with Crippen LogP contribution in [0.5, 0.6) is 0 Å². The fourth-order valence-corrected chi connectivity index (χ4v) is 1.26. The minimum absolute atomic E-state index is 0.0454. The van der Waals surface area contributed by atoms with Crippen molar-refractivity contribution in [2.75, 3.05) is 0 Å². The van der Waals surface area contributed by atoms with Crippen molar-refractivity contribution in [3.05, 3.63) is 34.9 Å². The molecular weight excluding hydrogens is 186 g/mol. The van der Waals surface area contributed by atoms with Gasteiger partial charge in [0.25, 0.3) is 0 Å². The van der Waals surface area contributed by atoms with Crippen molar-refractivity contribution < 1.29 is 8.78 Å². The first-order valence-corrected chi connectivity index (χ1v) is 4.14. The number of hydrogen-bond acceptors (Lipinski definition) is 2. The van der Waals surface area contributed by atoms with Crippen LogP contribution in [0.4, 0.5) is 8.78 Å². The van der Waals surface area contributed by atoms with Gasteiger partial charge in [-0.25, -0.2) is 8.78 Å². The highest BCUT2D eigenvalue weighted by Crippen LogP contribution is 2.21. The molecule has 0 radical (unpaired) electrons. The molecule has 74 valence electrons. The molecule has 1 atom stereocenters. The van der Waals surface area contributed by atoms with Gasteiger partial charge in [0.2, 0.25) is 0 Å². The molecule has 0 fully saturated rings. The number of hydrogen-bond donors (Lipinski definition) is 1. The zero-order valence-corrected chi connectivity index (χ0v) is 7.72. The smallest absolute Gasteiger partial charge is 0.129 e. The van der Waals surface area contributed by atoms with Crippen LogP contribution in [0, 0.1) is 29.9 Å². The van der Waals surface area contributed by atoms with Crippen molar-refractivity contribution in [3.63, 3.8) is 0 Å². The van der Waals surface area contributed by atoms with Gasteiger partial charge in [0.05, 0.1) is 12.5 Å². The predicted molar refractivity (Wildman–Crippen MR) is 48.3 cm³/mol. The van der Waals surface area contributed by atoms with Crippen LogP contribution in [0.1, 0.15) is 23.6 Å². The van der Waals surface area contributed by atoms with E-state index in [1.807, 2.05) is 6.07 Å². The summed E-state index contributed by atoms with van der Waals surface area (Å²) in [6, 6.07) is 3.20. The van der Waals surface area contributed by atoms with Crippen molar-refractivity contribution >= 4 is 0 Å². The summed E-state index contributed by atoms with van der Waals surface area (Å²) < 4.78 is 25.9. The van der Waals surface area contributed by atoms with E-state index in [9.17, 15) is 8.78 Å². The summed E-state index contributed by atoms with van der Waals surface area (Å²) in [5, 5.41) is 8.41. The van der Waals surface area contributed by atoms with Crippen molar-refractivity contribution in [3.8, 4) is 6.07 Å². The van der Waals surface area contributed by atoms with Crippen LogP contribution >= 0.6 is 0 Å². The topological polar surface area (TPSA) is 49.8 Å². The maximum Gasteiger partial charge on any atom is 0.129 e. The lowest BCUT2D eigenvalue weighted by atomic mass is 9.99. The second-order valence-electron chi connectivity index (χ2n) is 3.07. The molecule has 0 amide bonds. The summed E-state index contributed by atoms with van der Waals surface area (Å²) in [7, 11) is 0. The quantitative estimate of drug-likeness (QED) is 0.788. The number of benzene rings is 1. The molecule has 14 heavy (non-hydrogen) atoms. The van der Waals surface area contributed by atoms with E-state index < -0.39 is 17.7 Å². The molecule has 0 aliphatic carbocycles. The second-order valence-corrected chi connectivity index (χ2v) is 3.07. The molecular formula is C10H10F2N2. The summed E-state index contributed by atoms with van der Waals surface area (Å²) in [4.78, 5) is 0. The zero-order valence-electron chi connectivity index (χ0n) is 7.72. The standard InChI is InChI=1S/C10H10F2N2/c1-6-8(10(14)2-3-13)4-7(11)5-9(6)12/h4-5,10H,2,14H2,1H3/t10-/m1/s1. The Morgan fingerprint density at radius 3 is 2.71 bits per heavy atom. The Bertz CT molecular complexity index is 382. The Hall–Kier alpha value is -1.47. The average Bonchev–Trinajstić information content (AvgIpc) is 2.11. The monoisotopic (exact) mass is 196 g/mol. The molecule has 0 bridgehead atoms. The maximum atomic E-state index is 13.1. The van der Waals surface area contributed by atoms with E-state index in [1.165, 1.54) is 13.0 Å². The summed E-state index contributed by atoms with van der Waals surface area (Å²) in [5.41, 5.74) is 6.24. The fourth-order valence-electron chi connectivity index (χ4n) is 1.26. The van der Waals surface area contributed by atoms with Gasteiger partial charge < -0.3 is 5.73 Å². The molecule has 0 aromatic heterocycles. The van der Waals surface area contributed by atoms with Gasteiger partial charge in [-0.1, -0.05) is 0 Å². The molecule has 0 aliphatic rings. The highest BCUT2D eigenvalue weighted by molar-refractivity contribution is 5.31. The molecule has 0 saturated heterocycles. The van der Waals surface area contributed by atoms with E-state index in [1.54, 1.807) is 0 Å². The molecule has 1 rings (SSSR count). The summed E-state index contributed by atoms with van der Waals surface area (Å²) >= 11 is 0. The molecule has 0 spiro atoms. The largest absolute Gasteiger partial charge is 0.323 e. The first kappa shape index (κ1) is 10.6. The number of halogens is 2. The van der Waals surface area contributed by atoms with Crippen LogP contribution in [0.25, 0.3) is 0 Å². The van der Waals surface area contributed by atoms with Crippen molar-refractivity contribution in [2.45, 2.75) is 19.4 Å². The Labute approximate surface area is 81.0 Å². The number of rotatable bonds is 2. The zero-order chi connectivity index (χ0) is 10.7. The second kappa shape index (κ2) is 4.16. The number of nitrogens with two attached hydrogens (primary N) is 1. The summed E-state index contributed by atoms with van der Waals surface area (Å²) in [5.74, 6) is -1.30.